The molecular weight excluding hydrogens is 486 g/mol. The predicted octanol–water partition coefficient (Wildman–Crippen LogP) is 7.68. The fraction of sp³-hybridized carbons (Fsp3) is 0.324. The van der Waals surface area contributed by atoms with Crippen molar-refractivity contribution in [3.63, 3.8) is 0 Å². The number of amides is 1. The second-order valence-electron chi connectivity index (χ2n) is 10.4. The standard InChI is InChI=1S/C34H37NO4/c36-34(37)35-21-20-32(33(24-35)39-25-27-14-15-28-12-6-7-13-30(28)23-27)29-16-18-31(19-17-29)38-22-8-2-5-11-26-9-3-1-4-10-26/h1,3-4,6-7,9-10,12-19,23,32-33H,2,5,8,11,20-22,24-25H2,(H,36,37). The number of hydrogen-bond acceptors (Lipinski definition) is 3. The third kappa shape index (κ3) is 7.39. The van der Waals surface area contributed by atoms with E-state index in [2.05, 4.69) is 72.8 Å². The Bertz CT molecular complexity index is 1340. The summed E-state index contributed by atoms with van der Waals surface area (Å²) in [6, 6.07) is 33.5. The fourth-order valence-corrected chi connectivity index (χ4v) is 5.43. The van der Waals surface area contributed by atoms with Crippen LogP contribution in [0, 0.1) is 0 Å². The van der Waals surface area contributed by atoms with Crippen molar-refractivity contribution >= 4 is 16.9 Å². The lowest BCUT2D eigenvalue weighted by Crippen LogP contribution is -2.46. The molecule has 1 aliphatic heterocycles. The highest BCUT2D eigenvalue weighted by atomic mass is 16.5. The highest BCUT2D eigenvalue weighted by Gasteiger charge is 2.33. The van der Waals surface area contributed by atoms with E-state index >= 15 is 0 Å². The van der Waals surface area contributed by atoms with Gasteiger partial charge in [-0.3, -0.25) is 0 Å². The van der Waals surface area contributed by atoms with E-state index < -0.39 is 6.09 Å². The topological polar surface area (TPSA) is 59.0 Å². The molecule has 0 aliphatic carbocycles. The molecule has 1 N–H and O–H groups in total. The zero-order valence-electron chi connectivity index (χ0n) is 22.4. The van der Waals surface area contributed by atoms with E-state index in [-0.39, 0.29) is 12.0 Å². The molecule has 1 saturated heterocycles. The van der Waals surface area contributed by atoms with Gasteiger partial charge in [0.15, 0.2) is 0 Å². The molecule has 0 radical (unpaired) electrons. The maximum absolute atomic E-state index is 11.7. The molecule has 5 nitrogen and oxygen atoms in total. The Labute approximate surface area is 231 Å². The Morgan fingerprint density at radius 1 is 0.821 bits per heavy atom. The van der Waals surface area contributed by atoms with Gasteiger partial charge in [0, 0.05) is 12.5 Å². The number of rotatable bonds is 11. The molecule has 0 aromatic heterocycles. The summed E-state index contributed by atoms with van der Waals surface area (Å²) in [5.74, 6) is 1.01. The van der Waals surface area contributed by atoms with Crippen LogP contribution in [-0.4, -0.2) is 41.9 Å². The summed E-state index contributed by atoms with van der Waals surface area (Å²) in [6.45, 7) is 2.04. The Morgan fingerprint density at radius 2 is 1.59 bits per heavy atom. The molecule has 1 heterocycles. The van der Waals surface area contributed by atoms with Crippen LogP contribution in [-0.2, 0) is 17.8 Å². The van der Waals surface area contributed by atoms with Gasteiger partial charge in [0.05, 0.1) is 25.9 Å². The number of unbranched alkanes of at least 4 members (excludes halogenated alkanes) is 2. The van der Waals surface area contributed by atoms with Crippen molar-refractivity contribution in [1.29, 1.82) is 0 Å². The Hall–Kier alpha value is -3.83. The number of carboxylic acid groups (broad SMARTS) is 1. The Morgan fingerprint density at radius 3 is 2.38 bits per heavy atom. The van der Waals surface area contributed by atoms with Gasteiger partial charge in [-0.05, 0) is 77.8 Å². The van der Waals surface area contributed by atoms with Crippen LogP contribution in [0.1, 0.15) is 48.3 Å². The van der Waals surface area contributed by atoms with E-state index in [1.54, 1.807) is 0 Å². The van der Waals surface area contributed by atoms with Gasteiger partial charge < -0.3 is 19.5 Å². The SMILES string of the molecule is O=C(O)N1CCC(c2ccc(OCCCCCc3ccccc3)cc2)C(OCc2ccc3ccccc3c2)C1. The first-order valence-corrected chi connectivity index (χ1v) is 14.0. The number of nitrogens with zero attached hydrogens (tertiary/aromatic N) is 1. The van der Waals surface area contributed by atoms with Crippen LogP contribution in [0.15, 0.2) is 97.1 Å². The quantitative estimate of drug-likeness (QED) is 0.205. The molecule has 1 fully saturated rings. The monoisotopic (exact) mass is 523 g/mol. The maximum Gasteiger partial charge on any atom is 0.407 e. The second-order valence-corrected chi connectivity index (χ2v) is 10.4. The minimum Gasteiger partial charge on any atom is -0.494 e. The van der Waals surface area contributed by atoms with Gasteiger partial charge >= 0.3 is 6.09 Å². The molecule has 2 unspecified atom stereocenters. The van der Waals surface area contributed by atoms with Crippen LogP contribution in [0.5, 0.6) is 5.75 Å². The van der Waals surface area contributed by atoms with Crippen LogP contribution in [0.3, 0.4) is 0 Å². The summed E-state index contributed by atoms with van der Waals surface area (Å²) in [7, 11) is 0. The molecular formula is C34H37NO4. The lowest BCUT2D eigenvalue weighted by atomic mass is 9.87. The van der Waals surface area contributed by atoms with E-state index in [0.717, 1.165) is 37.0 Å². The summed E-state index contributed by atoms with van der Waals surface area (Å²) in [4.78, 5) is 13.2. The highest BCUT2D eigenvalue weighted by molar-refractivity contribution is 5.82. The van der Waals surface area contributed by atoms with Crippen LogP contribution in [0.2, 0.25) is 0 Å². The van der Waals surface area contributed by atoms with E-state index in [0.29, 0.717) is 26.3 Å². The first kappa shape index (κ1) is 26.8. The van der Waals surface area contributed by atoms with Crippen molar-refractivity contribution in [3.05, 3.63) is 114 Å². The number of fused-ring (bicyclic) bond motifs is 1. The summed E-state index contributed by atoms with van der Waals surface area (Å²) >= 11 is 0. The van der Waals surface area contributed by atoms with Gasteiger partial charge in [0.1, 0.15) is 5.75 Å². The van der Waals surface area contributed by atoms with Crippen molar-refractivity contribution in [1.82, 2.24) is 4.90 Å². The summed E-state index contributed by atoms with van der Waals surface area (Å²) in [5.41, 5.74) is 3.65. The number of piperidine rings is 1. The van der Waals surface area contributed by atoms with Crippen LogP contribution in [0.25, 0.3) is 10.8 Å². The van der Waals surface area contributed by atoms with Crippen molar-refractivity contribution in [2.75, 3.05) is 19.7 Å². The first-order valence-electron chi connectivity index (χ1n) is 14.0. The maximum atomic E-state index is 11.7. The third-order valence-electron chi connectivity index (χ3n) is 7.64. The second kappa shape index (κ2) is 13.3. The molecule has 1 amide bonds. The van der Waals surface area contributed by atoms with Crippen LogP contribution < -0.4 is 4.74 Å². The molecule has 4 aromatic rings. The molecule has 5 heteroatoms. The zero-order valence-corrected chi connectivity index (χ0v) is 22.4. The van der Waals surface area contributed by atoms with Gasteiger partial charge in [-0.15, -0.1) is 0 Å². The number of ether oxygens (including phenoxy) is 2. The van der Waals surface area contributed by atoms with Gasteiger partial charge in [-0.2, -0.15) is 0 Å². The van der Waals surface area contributed by atoms with Crippen LogP contribution >= 0.6 is 0 Å². The summed E-state index contributed by atoms with van der Waals surface area (Å²) in [6.07, 6.45) is 4.09. The lowest BCUT2D eigenvalue weighted by molar-refractivity contribution is -0.0199. The Kier molecular flexibility index (Phi) is 9.13. The molecule has 2 atom stereocenters. The average Bonchev–Trinajstić information content (AvgIpc) is 2.98. The number of benzene rings is 4. The number of likely N-dealkylation sites (tertiary alicyclic amines) is 1. The molecule has 39 heavy (non-hydrogen) atoms. The summed E-state index contributed by atoms with van der Waals surface area (Å²) in [5, 5.41) is 12.0. The van der Waals surface area contributed by atoms with E-state index in [1.165, 1.54) is 33.2 Å². The molecule has 5 rings (SSSR count). The number of aryl methyl sites for hydroxylation is 1. The molecule has 0 saturated carbocycles. The summed E-state index contributed by atoms with van der Waals surface area (Å²) < 4.78 is 12.4. The average molecular weight is 524 g/mol. The minimum atomic E-state index is -0.889. The number of carbonyl (C=O) groups is 1. The molecule has 0 spiro atoms. The third-order valence-corrected chi connectivity index (χ3v) is 7.64. The highest BCUT2D eigenvalue weighted by Crippen LogP contribution is 2.32. The lowest BCUT2D eigenvalue weighted by Gasteiger charge is -2.37. The van der Waals surface area contributed by atoms with Crippen LogP contribution in [0.4, 0.5) is 4.79 Å². The van der Waals surface area contributed by atoms with Gasteiger partial charge in [-0.1, -0.05) is 78.9 Å². The van der Waals surface area contributed by atoms with Crippen molar-refractivity contribution in [2.24, 2.45) is 0 Å². The molecule has 1 aliphatic rings. The largest absolute Gasteiger partial charge is 0.494 e. The smallest absolute Gasteiger partial charge is 0.407 e. The predicted molar refractivity (Wildman–Crippen MR) is 155 cm³/mol. The Balaban J connectivity index is 1.14. The van der Waals surface area contributed by atoms with Crippen molar-refractivity contribution in [2.45, 2.75) is 50.7 Å². The fourth-order valence-electron chi connectivity index (χ4n) is 5.43. The first-order chi connectivity index (χ1) is 19.2. The molecule has 0 bridgehead atoms. The molecule has 202 valence electrons. The normalized spacial score (nSPS) is 17.3. The van der Waals surface area contributed by atoms with E-state index in [4.69, 9.17) is 9.47 Å². The van der Waals surface area contributed by atoms with E-state index in [9.17, 15) is 9.90 Å². The zero-order chi connectivity index (χ0) is 26.9. The van der Waals surface area contributed by atoms with Gasteiger partial charge in [0.2, 0.25) is 0 Å². The van der Waals surface area contributed by atoms with Crippen molar-refractivity contribution < 1.29 is 19.4 Å². The van der Waals surface area contributed by atoms with Crippen molar-refractivity contribution in [3.8, 4) is 5.75 Å². The van der Waals surface area contributed by atoms with Gasteiger partial charge in [-0.25, -0.2) is 4.79 Å². The molecule has 4 aromatic carbocycles. The minimum absolute atomic E-state index is 0.132. The van der Waals surface area contributed by atoms with Gasteiger partial charge in [0.25, 0.3) is 0 Å². The number of hydrogen-bond donors (Lipinski definition) is 1. The van der Waals surface area contributed by atoms with E-state index in [1.807, 2.05) is 24.3 Å².